The molecule has 0 bridgehead atoms. The van der Waals surface area contributed by atoms with Gasteiger partial charge >= 0.3 is 0 Å². The maximum Gasteiger partial charge on any atom is 0.274 e. The molecule has 14 nitrogen and oxygen atoms in total. The molecule has 2 aromatic heterocycles. The number of carbonyl (C=O) groups excluding carboxylic acids is 3. The van der Waals surface area contributed by atoms with Gasteiger partial charge in [-0.05, 0) is 146 Å². The van der Waals surface area contributed by atoms with Crippen molar-refractivity contribution in [2.24, 2.45) is 34.8 Å². The molecule has 2 aliphatic rings. The van der Waals surface area contributed by atoms with Crippen LogP contribution in [0, 0.1) is 37.3 Å². The highest BCUT2D eigenvalue weighted by Gasteiger charge is 2.34. The molecule has 2 aliphatic carbocycles. The van der Waals surface area contributed by atoms with Crippen LogP contribution >= 0.6 is 0 Å². The summed E-state index contributed by atoms with van der Waals surface area (Å²) in [5.74, 6) is -1.64. The number of aryl methyl sites for hydroxylation is 2. The highest BCUT2D eigenvalue weighted by Crippen LogP contribution is 2.41. The van der Waals surface area contributed by atoms with Crippen LogP contribution in [0.4, 0.5) is 20.2 Å². The van der Waals surface area contributed by atoms with Crippen molar-refractivity contribution in [1.29, 1.82) is 0 Å². The Hall–Kier alpha value is -8.15. The number of amides is 3. The van der Waals surface area contributed by atoms with E-state index >= 15 is 4.39 Å². The zero-order valence-corrected chi connectivity index (χ0v) is 42.6. The standard InChI is InChI=1S/C31H34FN5O.C29H29FN6O2.CH4/c1-20-6-10-24(11-7-20)31(34,15-14-22-8-9-22)25-12-13-27(32)28(18-25)35-30(38)29-16-21(2)36-37(29)26-5-3-4-23(17-26)19-33;30-23-12-11-21(27(33-17-18-9-10-18)20-6-2-1-3-7-20)14-24(23)34-29(38)26-15-25(28(32)37)35-36(26)22-8-4-5-19(13-22)16-31;/h3-7,10-13,16-18,22H,8-9,14-15,19,33-34H2,1-2H3,(H,35,38);1-8,11-15,18,27,33H,9-10,16-17,31H2,(H2,32,37)(H,34,38);1H4. The smallest absolute Gasteiger partial charge is 0.274 e. The van der Waals surface area contributed by atoms with E-state index in [-0.39, 0.29) is 42.8 Å². The third-order valence-corrected chi connectivity index (χ3v) is 14.0. The number of anilines is 2. The summed E-state index contributed by atoms with van der Waals surface area (Å²) in [6, 6.07) is 45.0. The molecule has 2 fully saturated rings. The van der Waals surface area contributed by atoms with Crippen LogP contribution in [0.5, 0.6) is 0 Å². The van der Waals surface area contributed by atoms with Gasteiger partial charge in [0.1, 0.15) is 23.0 Å². The van der Waals surface area contributed by atoms with E-state index in [0.717, 1.165) is 58.3 Å². The molecule has 0 radical (unpaired) electrons. The van der Waals surface area contributed by atoms with Crippen LogP contribution in [-0.4, -0.2) is 43.8 Å². The Bertz CT molecular complexity index is 3370. The van der Waals surface area contributed by atoms with Crippen molar-refractivity contribution in [3.05, 3.63) is 225 Å². The Kier molecular flexibility index (Phi) is 17.3. The van der Waals surface area contributed by atoms with Gasteiger partial charge in [-0.3, -0.25) is 14.4 Å². The van der Waals surface area contributed by atoms with E-state index in [1.54, 1.807) is 53.2 Å². The third-order valence-electron chi connectivity index (χ3n) is 14.0. The number of primary amides is 1. The largest absolute Gasteiger partial charge is 0.364 e. The molecular weight excluding hydrogens is 973 g/mol. The lowest BCUT2D eigenvalue weighted by molar-refractivity contribution is 0.0991. The van der Waals surface area contributed by atoms with Crippen LogP contribution in [0.1, 0.15) is 128 Å². The second-order valence-electron chi connectivity index (χ2n) is 19.9. The summed E-state index contributed by atoms with van der Waals surface area (Å²) < 4.78 is 32.9. The van der Waals surface area contributed by atoms with Gasteiger partial charge in [-0.15, -0.1) is 0 Å². The maximum atomic E-state index is 15.0. The summed E-state index contributed by atoms with van der Waals surface area (Å²) in [6.45, 7) is 5.36. The number of nitrogens with zero attached hydrogens (tertiary/aromatic N) is 4. The van der Waals surface area contributed by atoms with Crippen molar-refractivity contribution in [3.63, 3.8) is 0 Å². The van der Waals surface area contributed by atoms with Gasteiger partial charge in [-0.1, -0.05) is 117 Å². The van der Waals surface area contributed by atoms with Crippen molar-refractivity contribution in [2.75, 3.05) is 17.2 Å². The van der Waals surface area contributed by atoms with Gasteiger partial charge in [0.25, 0.3) is 17.7 Å². The summed E-state index contributed by atoms with van der Waals surface area (Å²) in [5, 5.41) is 17.7. The average molecular weight is 1040 g/mol. The van der Waals surface area contributed by atoms with E-state index in [9.17, 15) is 18.8 Å². The molecule has 2 saturated carbocycles. The van der Waals surface area contributed by atoms with E-state index in [4.69, 9.17) is 22.9 Å². The molecule has 6 aromatic carbocycles. The normalized spacial score (nSPS) is 14.1. The number of hydrogen-bond donors (Lipinski definition) is 7. The summed E-state index contributed by atoms with van der Waals surface area (Å²) in [6.07, 6.45) is 6.61. The zero-order valence-electron chi connectivity index (χ0n) is 42.6. The van der Waals surface area contributed by atoms with Crippen LogP contribution in [0.2, 0.25) is 0 Å². The third kappa shape index (κ3) is 13.3. The van der Waals surface area contributed by atoms with Gasteiger partial charge in [0, 0.05) is 19.2 Å². The van der Waals surface area contributed by atoms with Gasteiger partial charge in [0.05, 0.1) is 40.0 Å². The number of aromatic nitrogens is 4. The van der Waals surface area contributed by atoms with E-state index in [1.165, 1.54) is 48.6 Å². The summed E-state index contributed by atoms with van der Waals surface area (Å²) in [7, 11) is 0. The molecule has 2 heterocycles. The van der Waals surface area contributed by atoms with Crippen molar-refractivity contribution in [2.45, 2.75) is 84.5 Å². The Morgan fingerprint density at radius 2 is 1.19 bits per heavy atom. The van der Waals surface area contributed by atoms with Crippen molar-refractivity contribution in [3.8, 4) is 11.4 Å². The number of hydrogen-bond acceptors (Lipinski definition) is 9. The minimum atomic E-state index is -0.801. The van der Waals surface area contributed by atoms with Crippen LogP contribution < -0.4 is 38.9 Å². The van der Waals surface area contributed by atoms with Gasteiger partial charge in [-0.25, -0.2) is 18.1 Å². The van der Waals surface area contributed by atoms with Crippen LogP contribution in [-0.2, 0) is 18.6 Å². The fourth-order valence-corrected chi connectivity index (χ4v) is 9.26. The second kappa shape index (κ2) is 24.2. The number of halogens is 2. The predicted molar refractivity (Wildman–Crippen MR) is 299 cm³/mol. The van der Waals surface area contributed by atoms with Crippen LogP contribution in [0.3, 0.4) is 0 Å². The van der Waals surface area contributed by atoms with E-state index in [1.807, 2.05) is 98.8 Å². The minimum Gasteiger partial charge on any atom is -0.364 e. The van der Waals surface area contributed by atoms with Crippen molar-refractivity contribution < 1.29 is 23.2 Å². The van der Waals surface area contributed by atoms with Crippen LogP contribution in [0.15, 0.2) is 152 Å². The SMILES string of the molecule is C.Cc1ccc(C(N)(CCC2CC2)c2ccc(F)c(NC(=O)c3cc(C)nn3-c3cccc(CN)c3)c2)cc1.NCc1cccc(-n2nc(C(N)=O)cc2C(=O)Nc2cc(C(NCC3CC3)c3ccccc3)ccc2F)c1. The summed E-state index contributed by atoms with van der Waals surface area (Å²) >= 11 is 0. The molecule has 8 aromatic rings. The Labute approximate surface area is 448 Å². The Morgan fingerprint density at radius 3 is 1.78 bits per heavy atom. The number of nitrogens with two attached hydrogens (primary N) is 4. The van der Waals surface area contributed by atoms with Crippen molar-refractivity contribution in [1.82, 2.24) is 24.9 Å². The van der Waals surface area contributed by atoms with Crippen LogP contribution in [0.25, 0.3) is 11.4 Å². The van der Waals surface area contributed by atoms with E-state index in [0.29, 0.717) is 41.1 Å². The lowest BCUT2D eigenvalue weighted by Gasteiger charge is -2.32. The zero-order chi connectivity index (χ0) is 53.5. The topological polar surface area (TPSA) is 227 Å². The monoisotopic (exact) mass is 1040 g/mol. The lowest BCUT2D eigenvalue weighted by atomic mass is 9.79. The van der Waals surface area contributed by atoms with Gasteiger partial charge in [-0.2, -0.15) is 10.2 Å². The summed E-state index contributed by atoms with van der Waals surface area (Å²) in [5.41, 5.74) is 32.0. The molecule has 3 amide bonds. The quantitative estimate of drug-likeness (QED) is 0.0408. The fourth-order valence-electron chi connectivity index (χ4n) is 9.26. The van der Waals surface area contributed by atoms with Gasteiger partial charge in [0.2, 0.25) is 0 Å². The van der Waals surface area contributed by atoms with E-state index < -0.39 is 34.9 Å². The first kappa shape index (κ1) is 55.1. The lowest BCUT2D eigenvalue weighted by Crippen LogP contribution is -2.38. The summed E-state index contributed by atoms with van der Waals surface area (Å²) in [4.78, 5) is 38.7. The first-order valence-corrected chi connectivity index (χ1v) is 25.6. The first-order valence-electron chi connectivity index (χ1n) is 25.6. The fraction of sp³-hybridized carbons (Fsp3) is 0.262. The number of benzene rings is 6. The van der Waals surface area contributed by atoms with Gasteiger partial charge in [0.15, 0.2) is 5.69 Å². The van der Waals surface area contributed by atoms with E-state index in [2.05, 4.69) is 26.1 Å². The Morgan fingerprint density at radius 1 is 0.636 bits per heavy atom. The highest BCUT2D eigenvalue weighted by molar-refractivity contribution is 6.05. The predicted octanol–water partition coefficient (Wildman–Crippen LogP) is 10.3. The molecule has 2 unspecified atom stereocenters. The number of nitrogens with one attached hydrogen (secondary N) is 3. The molecule has 0 saturated heterocycles. The Balaban J connectivity index is 0.000000201. The molecule has 398 valence electrons. The molecule has 16 heteroatoms. The molecule has 11 N–H and O–H groups in total. The number of carbonyl (C=O) groups is 3. The van der Waals surface area contributed by atoms with Gasteiger partial charge < -0.3 is 38.9 Å². The minimum absolute atomic E-state index is 0. The molecule has 2 atom stereocenters. The van der Waals surface area contributed by atoms with Crippen molar-refractivity contribution >= 4 is 29.1 Å². The second-order valence-corrected chi connectivity index (χ2v) is 19.9. The average Bonchev–Trinajstić information content (AvgIpc) is 4.37. The molecule has 10 rings (SSSR count). The molecule has 0 spiro atoms. The number of rotatable bonds is 19. The molecule has 77 heavy (non-hydrogen) atoms. The highest BCUT2D eigenvalue weighted by atomic mass is 19.1. The first-order chi connectivity index (χ1) is 36.7. The molecular formula is C61H67F2N11O3. The maximum absolute atomic E-state index is 15.0. The molecule has 0 aliphatic heterocycles.